The molecule has 1 amide bonds. The molecule has 112 valence electrons. The average Bonchev–Trinajstić information content (AvgIpc) is 2.82. The second-order valence-corrected chi connectivity index (χ2v) is 4.81. The maximum Gasteiger partial charge on any atom is 0.289 e. The van der Waals surface area contributed by atoms with Crippen molar-refractivity contribution < 1.29 is 18.7 Å². The third-order valence-corrected chi connectivity index (χ3v) is 3.35. The Balaban J connectivity index is 2.03. The van der Waals surface area contributed by atoms with Crippen LogP contribution in [0.4, 0.5) is 0 Å². The van der Waals surface area contributed by atoms with E-state index in [0.717, 1.165) is 6.42 Å². The lowest BCUT2D eigenvalue weighted by Crippen LogP contribution is -2.50. The number of nitrogens with one attached hydrogen (secondary N) is 1. The molecular formula is C14H22N2O4. The van der Waals surface area contributed by atoms with Gasteiger partial charge in [-0.05, 0) is 20.3 Å². The van der Waals surface area contributed by atoms with Crippen LogP contribution in [0.1, 0.15) is 42.4 Å². The quantitative estimate of drug-likeness (QED) is 0.885. The van der Waals surface area contributed by atoms with Gasteiger partial charge in [-0.25, -0.2) is 4.98 Å². The van der Waals surface area contributed by atoms with E-state index in [2.05, 4.69) is 10.3 Å². The van der Waals surface area contributed by atoms with E-state index in [1.807, 2.05) is 13.8 Å². The Kier molecular flexibility index (Phi) is 5.14. The topological polar surface area (TPSA) is 73.6 Å². The molecule has 0 aromatic carbocycles. The summed E-state index contributed by atoms with van der Waals surface area (Å²) in [6, 6.07) is -0.0502. The van der Waals surface area contributed by atoms with Gasteiger partial charge in [0.1, 0.15) is 6.10 Å². The summed E-state index contributed by atoms with van der Waals surface area (Å²) in [6.45, 7) is 7.39. The fourth-order valence-corrected chi connectivity index (χ4v) is 2.30. The Bertz CT molecular complexity index is 456. The number of aryl methyl sites for hydroxylation is 2. The monoisotopic (exact) mass is 282 g/mol. The molecule has 0 spiro atoms. The number of aromatic nitrogens is 1. The van der Waals surface area contributed by atoms with E-state index >= 15 is 0 Å². The highest BCUT2D eigenvalue weighted by molar-refractivity contribution is 5.92. The predicted octanol–water partition coefficient (Wildman–Crippen LogP) is 1.47. The second-order valence-electron chi connectivity index (χ2n) is 4.81. The van der Waals surface area contributed by atoms with Crippen LogP contribution in [0.15, 0.2) is 4.42 Å². The molecule has 1 aromatic rings. The number of oxazole rings is 1. The van der Waals surface area contributed by atoms with Crippen LogP contribution < -0.4 is 5.32 Å². The number of rotatable bonds is 5. The van der Waals surface area contributed by atoms with Crippen molar-refractivity contribution in [3.8, 4) is 0 Å². The van der Waals surface area contributed by atoms with Crippen LogP contribution in [0.25, 0.3) is 0 Å². The molecule has 1 N–H and O–H groups in total. The lowest BCUT2D eigenvalue weighted by atomic mass is 10.1. The molecule has 1 aliphatic heterocycles. The lowest BCUT2D eigenvalue weighted by molar-refractivity contribution is -0.0634. The van der Waals surface area contributed by atoms with Crippen molar-refractivity contribution in [2.24, 2.45) is 0 Å². The minimum atomic E-state index is -0.230. The third-order valence-electron chi connectivity index (χ3n) is 3.35. The SMILES string of the molecule is CCOC1COCCC1NC(=O)c1oc(CC)nc1C. The summed E-state index contributed by atoms with van der Waals surface area (Å²) in [5, 5.41) is 2.97. The van der Waals surface area contributed by atoms with Gasteiger partial charge in [0.2, 0.25) is 5.76 Å². The summed E-state index contributed by atoms with van der Waals surface area (Å²) < 4.78 is 16.5. The molecule has 0 radical (unpaired) electrons. The molecule has 0 saturated carbocycles. The fourth-order valence-electron chi connectivity index (χ4n) is 2.30. The number of hydrogen-bond acceptors (Lipinski definition) is 5. The largest absolute Gasteiger partial charge is 0.435 e. The van der Waals surface area contributed by atoms with Crippen molar-refractivity contribution in [2.75, 3.05) is 19.8 Å². The van der Waals surface area contributed by atoms with Crippen LogP contribution in [-0.2, 0) is 15.9 Å². The Hall–Kier alpha value is -1.40. The van der Waals surface area contributed by atoms with E-state index in [1.165, 1.54) is 0 Å². The van der Waals surface area contributed by atoms with Crippen molar-refractivity contribution in [3.05, 3.63) is 17.3 Å². The van der Waals surface area contributed by atoms with Gasteiger partial charge < -0.3 is 19.2 Å². The van der Waals surface area contributed by atoms with Gasteiger partial charge in [-0.2, -0.15) is 0 Å². The van der Waals surface area contributed by atoms with Gasteiger partial charge in [0.25, 0.3) is 5.91 Å². The molecule has 20 heavy (non-hydrogen) atoms. The van der Waals surface area contributed by atoms with Gasteiger partial charge in [-0.1, -0.05) is 6.92 Å². The number of hydrogen-bond donors (Lipinski definition) is 1. The lowest BCUT2D eigenvalue weighted by Gasteiger charge is -2.31. The number of carbonyl (C=O) groups is 1. The van der Waals surface area contributed by atoms with Crippen molar-refractivity contribution in [1.82, 2.24) is 10.3 Å². The zero-order valence-electron chi connectivity index (χ0n) is 12.3. The van der Waals surface area contributed by atoms with E-state index in [0.29, 0.717) is 43.6 Å². The van der Waals surface area contributed by atoms with Crippen molar-refractivity contribution >= 4 is 5.91 Å². The van der Waals surface area contributed by atoms with Crippen molar-refractivity contribution in [3.63, 3.8) is 0 Å². The zero-order valence-corrected chi connectivity index (χ0v) is 12.3. The molecule has 2 unspecified atom stereocenters. The third kappa shape index (κ3) is 3.37. The van der Waals surface area contributed by atoms with Crippen LogP contribution in [0.3, 0.4) is 0 Å². The predicted molar refractivity (Wildman–Crippen MR) is 72.7 cm³/mol. The molecule has 1 aliphatic rings. The van der Waals surface area contributed by atoms with E-state index < -0.39 is 0 Å². The van der Waals surface area contributed by atoms with E-state index in [9.17, 15) is 4.79 Å². The fraction of sp³-hybridized carbons (Fsp3) is 0.714. The van der Waals surface area contributed by atoms with Gasteiger partial charge in [0, 0.05) is 19.6 Å². The minimum Gasteiger partial charge on any atom is -0.435 e. The van der Waals surface area contributed by atoms with Crippen molar-refractivity contribution in [1.29, 1.82) is 0 Å². The Morgan fingerprint density at radius 2 is 2.30 bits per heavy atom. The van der Waals surface area contributed by atoms with Crippen LogP contribution in [0, 0.1) is 6.92 Å². The second kappa shape index (κ2) is 6.85. The normalized spacial score (nSPS) is 22.8. The van der Waals surface area contributed by atoms with Gasteiger partial charge in [-0.3, -0.25) is 4.79 Å². The summed E-state index contributed by atoms with van der Waals surface area (Å²) in [5.41, 5.74) is 0.624. The maximum atomic E-state index is 12.3. The summed E-state index contributed by atoms with van der Waals surface area (Å²) in [6.07, 6.45) is 1.31. The molecule has 0 aliphatic carbocycles. The van der Waals surface area contributed by atoms with Crippen molar-refractivity contribution in [2.45, 2.75) is 45.8 Å². The van der Waals surface area contributed by atoms with Crippen LogP contribution in [0.5, 0.6) is 0 Å². The number of amides is 1. The smallest absolute Gasteiger partial charge is 0.289 e. The van der Waals surface area contributed by atoms with Gasteiger partial charge in [-0.15, -0.1) is 0 Å². The zero-order chi connectivity index (χ0) is 14.5. The molecular weight excluding hydrogens is 260 g/mol. The Morgan fingerprint density at radius 1 is 1.50 bits per heavy atom. The van der Waals surface area contributed by atoms with E-state index in [1.54, 1.807) is 6.92 Å². The van der Waals surface area contributed by atoms with Gasteiger partial charge in [0.05, 0.1) is 18.3 Å². The molecule has 1 fully saturated rings. The number of carbonyl (C=O) groups excluding carboxylic acids is 1. The van der Waals surface area contributed by atoms with Gasteiger partial charge >= 0.3 is 0 Å². The van der Waals surface area contributed by atoms with Crippen LogP contribution >= 0.6 is 0 Å². The molecule has 1 aromatic heterocycles. The van der Waals surface area contributed by atoms with Crippen LogP contribution in [-0.4, -0.2) is 42.9 Å². The maximum absolute atomic E-state index is 12.3. The number of ether oxygens (including phenoxy) is 2. The number of nitrogens with zero attached hydrogens (tertiary/aromatic N) is 1. The molecule has 6 heteroatoms. The average molecular weight is 282 g/mol. The standard InChI is InChI=1S/C14H22N2O4/c1-4-12-15-9(3)13(20-12)14(17)16-10-6-7-18-8-11(10)19-5-2/h10-11H,4-8H2,1-3H3,(H,16,17). The molecule has 2 heterocycles. The molecule has 0 bridgehead atoms. The Labute approximate surface area is 118 Å². The van der Waals surface area contributed by atoms with Gasteiger partial charge in [0.15, 0.2) is 5.89 Å². The first-order valence-electron chi connectivity index (χ1n) is 7.12. The molecule has 1 saturated heterocycles. The summed E-state index contributed by atoms with van der Waals surface area (Å²) >= 11 is 0. The van der Waals surface area contributed by atoms with Crippen LogP contribution in [0.2, 0.25) is 0 Å². The minimum absolute atomic E-state index is 0.0502. The summed E-state index contributed by atoms with van der Waals surface area (Å²) in [7, 11) is 0. The van der Waals surface area contributed by atoms with E-state index in [4.69, 9.17) is 13.9 Å². The first kappa shape index (κ1) is 15.0. The first-order chi connectivity index (χ1) is 9.65. The Morgan fingerprint density at radius 3 is 2.95 bits per heavy atom. The molecule has 6 nitrogen and oxygen atoms in total. The highest BCUT2D eigenvalue weighted by atomic mass is 16.5. The highest BCUT2D eigenvalue weighted by Gasteiger charge is 2.29. The van der Waals surface area contributed by atoms with E-state index in [-0.39, 0.29) is 18.1 Å². The first-order valence-corrected chi connectivity index (χ1v) is 7.12. The highest BCUT2D eigenvalue weighted by Crippen LogP contribution is 2.15. The molecule has 2 atom stereocenters. The molecule has 2 rings (SSSR count). The summed E-state index contributed by atoms with van der Waals surface area (Å²) in [5.74, 6) is 0.649. The summed E-state index contributed by atoms with van der Waals surface area (Å²) in [4.78, 5) is 16.5.